The Balaban J connectivity index is 1.74. The van der Waals surface area contributed by atoms with Gasteiger partial charge >= 0.3 is 0 Å². The normalized spacial score (nSPS) is 18.7. The van der Waals surface area contributed by atoms with Crippen LogP contribution in [-0.4, -0.2) is 25.7 Å². The van der Waals surface area contributed by atoms with E-state index in [2.05, 4.69) is 39.7 Å². The first-order valence-corrected chi connectivity index (χ1v) is 8.28. The van der Waals surface area contributed by atoms with Crippen molar-refractivity contribution in [1.29, 1.82) is 0 Å². The van der Waals surface area contributed by atoms with E-state index in [1.54, 1.807) is 11.0 Å². The van der Waals surface area contributed by atoms with Crippen LogP contribution in [0.5, 0.6) is 0 Å². The zero-order chi connectivity index (χ0) is 15.3. The molecule has 1 aliphatic carbocycles. The van der Waals surface area contributed by atoms with Gasteiger partial charge in [-0.1, -0.05) is 13.8 Å². The molecule has 2 aromatic rings. The van der Waals surface area contributed by atoms with E-state index in [4.69, 9.17) is 0 Å². The maximum atomic E-state index is 4.49. The highest BCUT2D eigenvalue weighted by atomic mass is 32.2. The zero-order valence-corrected chi connectivity index (χ0v) is 13.7. The summed E-state index contributed by atoms with van der Waals surface area (Å²) in [5.74, 6) is 1.50. The number of anilines is 1. The molecule has 2 aliphatic rings. The van der Waals surface area contributed by atoms with Crippen molar-refractivity contribution in [3.63, 3.8) is 0 Å². The molecule has 7 heteroatoms. The summed E-state index contributed by atoms with van der Waals surface area (Å²) in [5, 5.41) is 7.98. The molecule has 0 amide bonds. The fraction of sp³-hybridized carbons (Fsp3) is 0.400. The molecule has 0 saturated carbocycles. The van der Waals surface area contributed by atoms with Crippen molar-refractivity contribution >= 4 is 23.4 Å². The van der Waals surface area contributed by atoms with Crippen LogP contribution in [0, 0.1) is 12.3 Å². The van der Waals surface area contributed by atoms with Crippen molar-refractivity contribution in [2.24, 2.45) is 5.41 Å². The fourth-order valence-electron chi connectivity index (χ4n) is 3.03. The average molecular weight is 314 g/mol. The predicted molar refractivity (Wildman–Crippen MR) is 88.0 cm³/mol. The van der Waals surface area contributed by atoms with Gasteiger partial charge in [0.2, 0.25) is 5.95 Å². The van der Waals surface area contributed by atoms with E-state index in [9.17, 15) is 0 Å². The largest absolute Gasteiger partial charge is 0.374 e. The molecule has 1 aliphatic heterocycles. The average Bonchev–Trinajstić information content (AvgIpc) is 3.07. The van der Waals surface area contributed by atoms with Gasteiger partial charge < -0.3 is 5.32 Å². The third kappa shape index (κ3) is 2.08. The van der Waals surface area contributed by atoms with E-state index in [-0.39, 0.29) is 5.41 Å². The third-order valence-electron chi connectivity index (χ3n) is 4.06. The summed E-state index contributed by atoms with van der Waals surface area (Å²) in [6.45, 7) is 6.52. The van der Waals surface area contributed by atoms with Gasteiger partial charge in [-0.05, 0) is 13.0 Å². The number of rotatable bonds is 2. The van der Waals surface area contributed by atoms with Crippen LogP contribution >= 0.6 is 11.8 Å². The summed E-state index contributed by atoms with van der Waals surface area (Å²) >= 11 is 1.90. The Kier molecular flexibility index (Phi) is 2.94. The van der Waals surface area contributed by atoms with Gasteiger partial charge in [0.05, 0.1) is 23.5 Å². The smallest absolute Gasteiger partial charge is 0.243 e. The molecule has 0 bridgehead atoms. The van der Waals surface area contributed by atoms with Gasteiger partial charge in [0.25, 0.3) is 0 Å². The highest BCUT2D eigenvalue weighted by molar-refractivity contribution is 8.03. The topological polar surface area (TPSA) is 67.7 Å². The van der Waals surface area contributed by atoms with Gasteiger partial charge in [0.15, 0.2) is 0 Å². The third-order valence-corrected chi connectivity index (χ3v) is 5.39. The van der Waals surface area contributed by atoms with E-state index in [0.29, 0.717) is 5.95 Å². The van der Waals surface area contributed by atoms with Crippen molar-refractivity contribution in [3.05, 3.63) is 40.3 Å². The highest BCUT2D eigenvalue weighted by Gasteiger charge is 2.38. The first-order chi connectivity index (χ1) is 10.5. The number of allylic oxidation sites excluding steroid dienone is 1. The predicted octanol–water partition coefficient (Wildman–Crippen LogP) is 2.40. The number of hydrogen-bond donors (Lipinski definition) is 2. The SMILES string of the molecule is Cc1ccnc(Nn2ncc3c2CC(C)(C)C2=C3NCS2)n1. The summed E-state index contributed by atoms with van der Waals surface area (Å²) < 4.78 is 0. The molecule has 6 nitrogen and oxygen atoms in total. The van der Waals surface area contributed by atoms with Crippen LogP contribution in [0.3, 0.4) is 0 Å². The molecular formula is C15H18N6S. The number of hydrogen-bond acceptors (Lipinski definition) is 6. The van der Waals surface area contributed by atoms with E-state index >= 15 is 0 Å². The van der Waals surface area contributed by atoms with Gasteiger partial charge in [-0.2, -0.15) is 9.89 Å². The molecule has 0 unspecified atom stereocenters. The molecule has 0 atom stereocenters. The maximum Gasteiger partial charge on any atom is 0.243 e. The minimum absolute atomic E-state index is 0.115. The van der Waals surface area contributed by atoms with Gasteiger partial charge in [-0.25, -0.2) is 15.4 Å². The summed E-state index contributed by atoms with van der Waals surface area (Å²) in [6, 6.07) is 1.88. The summed E-state index contributed by atoms with van der Waals surface area (Å²) in [6.07, 6.45) is 4.61. The molecule has 0 aromatic carbocycles. The molecule has 2 aromatic heterocycles. The molecule has 0 saturated heterocycles. The number of nitrogens with one attached hydrogen (secondary N) is 2. The molecule has 0 radical (unpaired) electrons. The number of fused-ring (bicyclic) bond motifs is 2. The first-order valence-electron chi connectivity index (χ1n) is 7.30. The van der Waals surface area contributed by atoms with Crippen LogP contribution in [-0.2, 0) is 6.42 Å². The molecule has 0 fully saturated rings. The lowest BCUT2D eigenvalue weighted by atomic mass is 9.80. The van der Waals surface area contributed by atoms with Crippen LogP contribution in [0.15, 0.2) is 23.4 Å². The first kappa shape index (κ1) is 13.6. The van der Waals surface area contributed by atoms with E-state index in [1.807, 2.05) is 30.9 Å². The van der Waals surface area contributed by atoms with Gasteiger partial charge in [-0.3, -0.25) is 0 Å². The van der Waals surface area contributed by atoms with E-state index in [0.717, 1.165) is 18.0 Å². The summed E-state index contributed by atoms with van der Waals surface area (Å²) in [7, 11) is 0. The minimum Gasteiger partial charge on any atom is -0.374 e. The van der Waals surface area contributed by atoms with Gasteiger partial charge in [0, 0.05) is 34.2 Å². The molecule has 114 valence electrons. The number of aromatic nitrogens is 4. The maximum absolute atomic E-state index is 4.49. The molecular weight excluding hydrogens is 296 g/mol. The van der Waals surface area contributed by atoms with Crippen molar-refractivity contribution in [3.8, 4) is 0 Å². The second kappa shape index (κ2) is 4.74. The Bertz CT molecular complexity index is 776. The Morgan fingerprint density at radius 3 is 3.09 bits per heavy atom. The van der Waals surface area contributed by atoms with Crippen molar-refractivity contribution in [2.75, 3.05) is 11.3 Å². The highest BCUT2D eigenvalue weighted by Crippen LogP contribution is 2.49. The van der Waals surface area contributed by atoms with Crippen molar-refractivity contribution in [2.45, 2.75) is 27.2 Å². The Morgan fingerprint density at radius 1 is 1.41 bits per heavy atom. The van der Waals surface area contributed by atoms with Crippen LogP contribution in [0.1, 0.15) is 30.8 Å². The number of aryl methyl sites for hydroxylation is 1. The number of nitrogens with zero attached hydrogens (tertiary/aromatic N) is 4. The second-order valence-corrected chi connectivity index (χ2v) is 7.27. The Morgan fingerprint density at radius 2 is 2.27 bits per heavy atom. The quantitative estimate of drug-likeness (QED) is 0.887. The Labute approximate surface area is 133 Å². The van der Waals surface area contributed by atoms with E-state index < -0.39 is 0 Å². The van der Waals surface area contributed by atoms with Crippen LogP contribution < -0.4 is 10.7 Å². The van der Waals surface area contributed by atoms with Crippen LogP contribution in [0.4, 0.5) is 5.95 Å². The van der Waals surface area contributed by atoms with Crippen molar-refractivity contribution < 1.29 is 0 Å². The van der Waals surface area contributed by atoms with Gasteiger partial charge in [-0.15, -0.1) is 11.8 Å². The Hall–Kier alpha value is -2.02. The van der Waals surface area contributed by atoms with E-state index in [1.165, 1.54) is 21.9 Å². The van der Waals surface area contributed by atoms with Crippen LogP contribution in [0.25, 0.3) is 5.70 Å². The summed E-state index contributed by atoms with van der Waals surface area (Å²) in [5.41, 5.74) is 7.82. The van der Waals surface area contributed by atoms with Crippen LogP contribution in [0.2, 0.25) is 0 Å². The lowest BCUT2D eigenvalue weighted by molar-refractivity contribution is 0.447. The molecule has 0 spiro atoms. The number of thioether (sulfide) groups is 1. The lowest BCUT2D eigenvalue weighted by Gasteiger charge is -2.31. The summed E-state index contributed by atoms with van der Waals surface area (Å²) in [4.78, 5) is 11.9. The monoisotopic (exact) mass is 314 g/mol. The fourth-order valence-corrected chi connectivity index (χ4v) is 4.18. The molecule has 22 heavy (non-hydrogen) atoms. The standard InChI is InChI=1S/C15H18N6S/c1-9-4-5-16-14(19-9)20-21-11-6-15(2,3)13-12(17-8-22-13)10(11)7-18-21/h4-5,7,17H,6,8H2,1-3H3,(H,16,19,20). The molecule has 4 rings (SSSR count). The second-order valence-electron chi connectivity index (χ2n) is 6.28. The van der Waals surface area contributed by atoms with Crippen molar-refractivity contribution in [1.82, 2.24) is 25.2 Å². The lowest BCUT2D eigenvalue weighted by Crippen LogP contribution is -2.27. The van der Waals surface area contributed by atoms with Gasteiger partial charge in [0.1, 0.15) is 0 Å². The zero-order valence-electron chi connectivity index (χ0n) is 12.8. The minimum atomic E-state index is 0.115. The molecule has 3 heterocycles. The molecule has 2 N–H and O–H groups in total.